The first-order chi connectivity index (χ1) is 15.2. The van der Waals surface area contributed by atoms with Crippen LogP contribution in [0.5, 0.6) is 0 Å². The van der Waals surface area contributed by atoms with Gasteiger partial charge in [-0.15, -0.1) is 0 Å². The first-order valence-electron chi connectivity index (χ1n) is 14.0. The van der Waals surface area contributed by atoms with E-state index >= 15 is 0 Å². The fraction of sp³-hybridized carbons (Fsp3) is 0.897. The molecule has 0 saturated heterocycles. The van der Waals surface area contributed by atoms with E-state index in [2.05, 4.69) is 6.92 Å². The molecule has 0 N–H and O–H groups in total. The molecule has 0 spiro atoms. The summed E-state index contributed by atoms with van der Waals surface area (Å²) in [6, 6.07) is 0. The Morgan fingerprint density at radius 3 is 1.19 bits per heavy atom. The largest absolute Gasteiger partial charge is 0.461 e. The van der Waals surface area contributed by atoms with Gasteiger partial charge in [-0.2, -0.15) is 0 Å². The van der Waals surface area contributed by atoms with Crippen molar-refractivity contribution < 1.29 is 9.53 Å². The highest BCUT2D eigenvalue weighted by Gasteiger charge is 2.01. The Kier molecular flexibility index (Phi) is 24.8. The molecule has 0 unspecified atom stereocenters. The van der Waals surface area contributed by atoms with Crippen LogP contribution in [0, 0.1) is 0 Å². The van der Waals surface area contributed by atoms with Gasteiger partial charge in [0.05, 0.1) is 0 Å². The average molecular weight is 437 g/mol. The maximum atomic E-state index is 11.6. The summed E-state index contributed by atoms with van der Waals surface area (Å²) in [5, 5.41) is 0. The summed E-state index contributed by atoms with van der Waals surface area (Å²) >= 11 is 0. The fourth-order valence-corrected chi connectivity index (χ4v) is 4.07. The summed E-state index contributed by atoms with van der Waals surface area (Å²) in [5.74, 6) is -0.0460. The standard InChI is InChI=1S/C29H56O2/c1-4-5-6-7-8-9-10-11-12-13-14-15-16-17-18-19-20-21-22-23-24-25-29(30)31-27-26-28(2)3/h26H,4-25,27H2,1-3H3. The maximum Gasteiger partial charge on any atom is 0.306 e. The fourth-order valence-electron chi connectivity index (χ4n) is 4.07. The summed E-state index contributed by atoms with van der Waals surface area (Å²) in [7, 11) is 0. The number of esters is 1. The molecule has 0 aromatic carbocycles. The normalized spacial score (nSPS) is 10.9. The molecule has 2 heteroatoms. The van der Waals surface area contributed by atoms with Gasteiger partial charge in [0.15, 0.2) is 0 Å². The van der Waals surface area contributed by atoms with E-state index in [1.54, 1.807) is 0 Å². The zero-order valence-electron chi connectivity index (χ0n) is 21.7. The monoisotopic (exact) mass is 436 g/mol. The molecule has 0 aliphatic rings. The van der Waals surface area contributed by atoms with Crippen LogP contribution in [-0.4, -0.2) is 12.6 Å². The Morgan fingerprint density at radius 1 is 0.548 bits per heavy atom. The first-order valence-corrected chi connectivity index (χ1v) is 14.0. The van der Waals surface area contributed by atoms with Crippen LogP contribution in [0.1, 0.15) is 162 Å². The van der Waals surface area contributed by atoms with Crippen molar-refractivity contribution in [2.24, 2.45) is 0 Å². The van der Waals surface area contributed by atoms with E-state index in [1.165, 1.54) is 128 Å². The van der Waals surface area contributed by atoms with Crippen molar-refractivity contribution >= 4 is 5.97 Å². The van der Waals surface area contributed by atoms with Crippen LogP contribution in [-0.2, 0) is 9.53 Å². The minimum atomic E-state index is -0.0460. The number of rotatable bonds is 24. The predicted molar refractivity (Wildman–Crippen MR) is 138 cm³/mol. The molecule has 0 saturated carbocycles. The third kappa shape index (κ3) is 27.2. The third-order valence-corrected chi connectivity index (χ3v) is 6.22. The minimum absolute atomic E-state index is 0.0460. The number of hydrogen-bond donors (Lipinski definition) is 0. The molecule has 0 atom stereocenters. The van der Waals surface area contributed by atoms with E-state index in [-0.39, 0.29) is 5.97 Å². The molecule has 0 aromatic rings. The lowest BCUT2D eigenvalue weighted by Gasteiger charge is -2.04. The van der Waals surface area contributed by atoms with Crippen molar-refractivity contribution in [1.29, 1.82) is 0 Å². The Morgan fingerprint density at radius 2 is 0.871 bits per heavy atom. The average Bonchev–Trinajstić information content (AvgIpc) is 2.74. The van der Waals surface area contributed by atoms with Crippen LogP contribution in [0.3, 0.4) is 0 Å². The molecule has 0 fully saturated rings. The van der Waals surface area contributed by atoms with E-state index in [1.807, 2.05) is 19.9 Å². The van der Waals surface area contributed by atoms with Crippen LogP contribution in [0.4, 0.5) is 0 Å². The van der Waals surface area contributed by atoms with Crippen molar-refractivity contribution in [3.8, 4) is 0 Å². The second-order valence-electron chi connectivity index (χ2n) is 9.79. The molecule has 0 radical (unpaired) electrons. The zero-order chi connectivity index (χ0) is 22.8. The molecule has 0 aliphatic carbocycles. The van der Waals surface area contributed by atoms with Crippen LogP contribution in [0.15, 0.2) is 11.6 Å². The molecule has 0 rings (SSSR count). The highest BCUT2D eigenvalue weighted by atomic mass is 16.5. The molecule has 0 amide bonds. The van der Waals surface area contributed by atoms with Gasteiger partial charge in [0.1, 0.15) is 6.61 Å². The summed E-state index contributed by atoms with van der Waals surface area (Å²) in [4.78, 5) is 11.6. The van der Waals surface area contributed by atoms with Gasteiger partial charge in [0.25, 0.3) is 0 Å². The molecular weight excluding hydrogens is 380 g/mol. The lowest BCUT2D eigenvalue weighted by atomic mass is 10.0. The van der Waals surface area contributed by atoms with Gasteiger partial charge < -0.3 is 4.74 Å². The van der Waals surface area contributed by atoms with E-state index in [4.69, 9.17) is 4.74 Å². The van der Waals surface area contributed by atoms with Crippen molar-refractivity contribution in [2.75, 3.05) is 6.61 Å². The lowest BCUT2D eigenvalue weighted by Crippen LogP contribution is -2.04. The second kappa shape index (κ2) is 25.5. The summed E-state index contributed by atoms with van der Waals surface area (Å²) in [5.41, 5.74) is 1.20. The molecule has 0 bridgehead atoms. The van der Waals surface area contributed by atoms with Crippen molar-refractivity contribution in [1.82, 2.24) is 0 Å². The molecule has 0 aromatic heterocycles. The van der Waals surface area contributed by atoms with Gasteiger partial charge in [-0.1, -0.05) is 141 Å². The van der Waals surface area contributed by atoms with Gasteiger partial charge in [-0.05, 0) is 26.3 Å². The van der Waals surface area contributed by atoms with Crippen molar-refractivity contribution in [2.45, 2.75) is 162 Å². The predicted octanol–water partition coefficient (Wildman–Crippen LogP) is 10.1. The number of carbonyl (C=O) groups is 1. The zero-order valence-corrected chi connectivity index (χ0v) is 21.7. The van der Waals surface area contributed by atoms with Crippen LogP contribution < -0.4 is 0 Å². The molecular formula is C29H56O2. The van der Waals surface area contributed by atoms with Gasteiger partial charge >= 0.3 is 5.97 Å². The Balaban J connectivity index is 3.11. The van der Waals surface area contributed by atoms with E-state index in [0.717, 1.165) is 12.8 Å². The Bertz CT molecular complexity index is 396. The number of unbranched alkanes of at least 4 members (excludes halogenated alkanes) is 20. The van der Waals surface area contributed by atoms with Crippen LogP contribution >= 0.6 is 0 Å². The molecule has 0 heterocycles. The van der Waals surface area contributed by atoms with Crippen molar-refractivity contribution in [3.05, 3.63) is 11.6 Å². The topological polar surface area (TPSA) is 26.3 Å². The van der Waals surface area contributed by atoms with Gasteiger partial charge in [0.2, 0.25) is 0 Å². The van der Waals surface area contributed by atoms with E-state index < -0.39 is 0 Å². The van der Waals surface area contributed by atoms with Gasteiger partial charge in [-0.3, -0.25) is 4.79 Å². The van der Waals surface area contributed by atoms with Gasteiger partial charge in [-0.25, -0.2) is 0 Å². The highest BCUT2D eigenvalue weighted by molar-refractivity contribution is 5.69. The molecule has 31 heavy (non-hydrogen) atoms. The molecule has 0 aliphatic heterocycles. The number of allylic oxidation sites excluding steroid dienone is 1. The highest BCUT2D eigenvalue weighted by Crippen LogP contribution is 2.15. The number of ether oxygens (including phenoxy) is 1. The molecule has 184 valence electrons. The number of carbonyl (C=O) groups excluding carboxylic acids is 1. The maximum absolute atomic E-state index is 11.6. The first kappa shape index (κ1) is 30.2. The van der Waals surface area contributed by atoms with E-state index in [9.17, 15) is 4.79 Å². The smallest absolute Gasteiger partial charge is 0.306 e. The summed E-state index contributed by atoms with van der Waals surface area (Å²) < 4.78 is 5.18. The second-order valence-corrected chi connectivity index (χ2v) is 9.79. The summed E-state index contributed by atoms with van der Waals surface area (Å²) in [6.45, 7) is 6.77. The van der Waals surface area contributed by atoms with Crippen LogP contribution in [0.2, 0.25) is 0 Å². The minimum Gasteiger partial charge on any atom is -0.461 e. The molecule has 2 nitrogen and oxygen atoms in total. The third-order valence-electron chi connectivity index (χ3n) is 6.22. The SMILES string of the molecule is CCCCCCCCCCCCCCCCCCCCCCCC(=O)OCC=C(C)C. The van der Waals surface area contributed by atoms with Crippen molar-refractivity contribution in [3.63, 3.8) is 0 Å². The number of hydrogen-bond acceptors (Lipinski definition) is 2. The van der Waals surface area contributed by atoms with E-state index in [0.29, 0.717) is 13.0 Å². The van der Waals surface area contributed by atoms with Gasteiger partial charge in [0, 0.05) is 6.42 Å². The Hall–Kier alpha value is -0.790. The van der Waals surface area contributed by atoms with Crippen LogP contribution in [0.25, 0.3) is 0 Å². The summed E-state index contributed by atoms with van der Waals surface area (Å²) in [6.07, 6.45) is 31.7. The quantitative estimate of drug-likeness (QED) is 0.0854. The Labute approximate surface area is 196 Å². The lowest BCUT2D eigenvalue weighted by molar-refractivity contribution is -0.142.